The lowest BCUT2D eigenvalue weighted by Crippen LogP contribution is -2.03. The molecule has 156 valence electrons. The maximum atomic E-state index is 2.44. The van der Waals surface area contributed by atoms with Crippen molar-refractivity contribution >= 4 is 45.5 Å². The zero-order valence-electron chi connectivity index (χ0n) is 18.3. The van der Waals surface area contributed by atoms with Gasteiger partial charge in [-0.2, -0.15) is 0 Å². The van der Waals surface area contributed by atoms with Crippen LogP contribution in [-0.4, -0.2) is 0 Å². The number of benzene rings is 6. The Kier molecular flexibility index (Phi) is 4.35. The summed E-state index contributed by atoms with van der Waals surface area (Å²) < 4.78 is 0. The first-order valence-electron chi connectivity index (χ1n) is 11.6. The van der Waals surface area contributed by atoms with Crippen LogP contribution >= 0.6 is 7.92 Å². The van der Waals surface area contributed by atoms with E-state index in [9.17, 15) is 0 Å². The highest BCUT2D eigenvalue weighted by Gasteiger charge is 2.25. The second kappa shape index (κ2) is 7.55. The molecule has 0 bridgehead atoms. The van der Waals surface area contributed by atoms with Gasteiger partial charge in [0.15, 0.2) is 0 Å². The third-order valence-electron chi connectivity index (χ3n) is 7.10. The first-order chi connectivity index (χ1) is 16.3. The minimum atomic E-state index is -0.351. The molecule has 0 atom stereocenters. The molecule has 0 N–H and O–H groups in total. The van der Waals surface area contributed by atoms with E-state index in [2.05, 4.69) is 115 Å². The molecule has 1 heterocycles. The average Bonchev–Trinajstić information content (AvgIpc) is 3.06. The van der Waals surface area contributed by atoms with E-state index in [4.69, 9.17) is 0 Å². The number of hydrogen-bond acceptors (Lipinski definition) is 0. The molecule has 0 radical (unpaired) electrons. The summed E-state index contributed by atoms with van der Waals surface area (Å²) in [5, 5.41) is 9.58. The lowest BCUT2D eigenvalue weighted by molar-refractivity contribution is 1.40. The van der Waals surface area contributed by atoms with Crippen molar-refractivity contribution in [1.29, 1.82) is 0 Å². The topological polar surface area (TPSA) is 0 Å². The zero-order chi connectivity index (χ0) is 21.8. The van der Waals surface area contributed by atoms with Crippen molar-refractivity contribution in [2.24, 2.45) is 0 Å². The lowest BCUT2D eigenvalue weighted by Gasteiger charge is -2.18. The minimum Gasteiger partial charge on any atom is -0.0663 e. The van der Waals surface area contributed by atoms with Gasteiger partial charge in [-0.05, 0) is 78.3 Å². The smallest absolute Gasteiger partial charge is 0.00234 e. The molecule has 0 unspecified atom stereocenters. The predicted octanol–water partition coefficient (Wildman–Crippen LogP) is 8.63. The van der Waals surface area contributed by atoms with Crippen LogP contribution in [0.1, 0.15) is 11.1 Å². The van der Waals surface area contributed by atoms with Crippen molar-refractivity contribution in [1.82, 2.24) is 0 Å². The highest BCUT2D eigenvalue weighted by atomic mass is 31.1. The van der Waals surface area contributed by atoms with Gasteiger partial charge in [-0.15, -0.1) is 0 Å². The van der Waals surface area contributed by atoms with Crippen molar-refractivity contribution < 1.29 is 0 Å². The lowest BCUT2D eigenvalue weighted by atomic mass is 9.88. The Hall–Kier alpha value is -3.47. The fourth-order valence-electron chi connectivity index (χ4n) is 5.51. The fourth-order valence-corrected chi connectivity index (χ4v) is 7.94. The molecule has 0 aromatic heterocycles. The summed E-state index contributed by atoms with van der Waals surface area (Å²) in [6.07, 6.45) is 2.24. The van der Waals surface area contributed by atoms with Crippen molar-refractivity contribution in [2.45, 2.75) is 12.3 Å². The van der Waals surface area contributed by atoms with Gasteiger partial charge in [-0.25, -0.2) is 0 Å². The number of hydrogen-bond donors (Lipinski definition) is 0. The highest BCUT2D eigenvalue weighted by molar-refractivity contribution is 7.64. The van der Waals surface area contributed by atoms with Crippen molar-refractivity contribution in [2.75, 3.05) is 0 Å². The third kappa shape index (κ3) is 3.10. The molecule has 1 aliphatic rings. The summed E-state index contributed by atoms with van der Waals surface area (Å²) in [6.45, 7) is 0. The number of fused-ring (bicyclic) bond motifs is 8. The van der Waals surface area contributed by atoms with Crippen LogP contribution < -0.4 is 5.30 Å². The molecule has 0 aliphatic carbocycles. The predicted molar refractivity (Wildman–Crippen MR) is 145 cm³/mol. The molecular weight excluding hydrogens is 415 g/mol. The SMILES string of the molecule is c1ccc2cc(P3Cc4ccc5ccccc5c4-c4c(ccc5ccccc45)C3)ccc2c1. The average molecular weight is 439 g/mol. The summed E-state index contributed by atoms with van der Waals surface area (Å²) >= 11 is 0. The van der Waals surface area contributed by atoms with E-state index in [1.807, 2.05) is 0 Å². The summed E-state index contributed by atoms with van der Waals surface area (Å²) in [5.41, 5.74) is 5.88. The summed E-state index contributed by atoms with van der Waals surface area (Å²) in [4.78, 5) is 0. The molecule has 0 amide bonds. The Balaban J connectivity index is 1.52. The fraction of sp³-hybridized carbons (Fsp3) is 0.0625. The van der Waals surface area contributed by atoms with E-state index in [0.717, 1.165) is 12.3 Å². The van der Waals surface area contributed by atoms with Crippen LogP contribution in [0.2, 0.25) is 0 Å². The first kappa shape index (κ1) is 19.0. The molecule has 0 saturated heterocycles. The first-order valence-corrected chi connectivity index (χ1v) is 13.3. The Morgan fingerprint density at radius 3 is 1.52 bits per heavy atom. The molecular formula is C32H23P. The van der Waals surface area contributed by atoms with Gasteiger partial charge in [0.2, 0.25) is 0 Å². The second-order valence-corrected chi connectivity index (χ2v) is 11.3. The highest BCUT2D eigenvalue weighted by Crippen LogP contribution is 2.52. The molecule has 1 aliphatic heterocycles. The summed E-state index contributed by atoms with van der Waals surface area (Å²) in [7, 11) is -0.351. The molecule has 6 aromatic rings. The quantitative estimate of drug-likeness (QED) is 0.225. The molecule has 0 nitrogen and oxygen atoms in total. The van der Waals surface area contributed by atoms with Crippen molar-refractivity contribution in [3.8, 4) is 11.1 Å². The maximum Gasteiger partial charge on any atom is -0.00234 e. The molecule has 0 saturated carbocycles. The van der Waals surface area contributed by atoms with Gasteiger partial charge >= 0.3 is 0 Å². The van der Waals surface area contributed by atoms with Gasteiger partial charge in [0.05, 0.1) is 0 Å². The Morgan fingerprint density at radius 1 is 0.424 bits per heavy atom. The molecule has 7 rings (SSSR count). The van der Waals surface area contributed by atoms with E-state index >= 15 is 0 Å². The van der Waals surface area contributed by atoms with Crippen LogP contribution in [0, 0.1) is 0 Å². The standard InChI is InChI=1S/C32H23P/c1-2-10-25-19-28(18-17-22(25)7-1)33-20-26-15-13-23-8-3-5-11-29(23)31(26)32-27(21-33)16-14-24-9-4-6-12-30(24)32/h1-19H,20-21H2. The van der Waals surface area contributed by atoms with E-state index in [-0.39, 0.29) is 7.92 Å². The zero-order valence-corrected chi connectivity index (χ0v) is 19.2. The van der Waals surface area contributed by atoms with Crippen LogP contribution in [0.15, 0.2) is 115 Å². The second-order valence-electron chi connectivity index (χ2n) is 9.03. The Labute approximate surface area is 195 Å². The van der Waals surface area contributed by atoms with E-state index < -0.39 is 0 Å². The van der Waals surface area contributed by atoms with Gasteiger partial charge in [-0.1, -0.05) is 117 Å². The van der Waals surface area contributed by atoms with Gasteiger partial charge < -0.3 is 0 Å². The molecule has 0 spiro atoms. The van der Waals surface area contributed by atoms with Gasteiger partial charge in [0, 0.05) is 0 Å². The molecule has 6 aromatic carbocycles. The monoisotopic (exact) mass is 438 g/mol. The normalized spacial score (nSPS) is 13.7. The van der Waals surface area contributed by atoms with Crippen molar-refractivity contribution in [3.63, 3.8) is 0 Å². The Bertz CT molecular complexity index is 1590. The number of rotatable bonds is 1. The minimum absolute atomic E-state index is 0.351. The van der Waals surface area contributed by atoms with Crippen molar-refractivity contribution in [3.05, 3.63) is 126 Å². The molecule has 1 heteroatoms. The van der Waals surface area contributed by atoms with E-state index in [0.29, 0.717) is 0 Å². The van der Waals surface area contributed by atoms with Gasteiger partial charge in [0.25, 0.3) is 0 Å². The van der Waals surface area contributed by atoms with Crippen LogP contribution in [0.5, 0.6) is 0 Å². The van der Waals surface area contributed by atoms with Crippen LogP contribution in [-0.2, 0) is 12.3 Å². The van der Waals surface area contributed by atoms with E-state index in [1.165, 1.54) is 59.9 Å². The Morgan fingerprint density at radius 2 is 0.909 bits per heavy atom. The largest absolute Gasteiger partial charge is 0.0663 e. The summed E-state index contributed by atoms with van der Waals surface area (Å²) in [6, 6.07) is 43.1. The van der Waals surface area contributed by atoms with E-state index in [1.54, 1.807) is 0 Å². The van der Waals surface area contributed by atoms with Crippen LogP contribution in [0.3, 0.4) is 0 Å². The molecule has 33 heavy (non-hydrogen) atoms. The van der Waals surface area contributed by atoms with Crippen LogP contribution in [0.4, 0.5) is 0 Å². The van der Waals surface area contributed by atoms with Gasteiger partial charge in [0.1, 0.15) is 0 Å². The van der Waals surface area contributed by atoms with Crippen LogP contribution in [0.25, 0.3) is 43.4 Å². The molecule has 0 fully saturated rings. The van der Waals surface area contributed by atoms with Gasteiger partial charge in [-0.3, -0.25) is 0 Å². The third-order valence-corrected chi connectivity index (χ3v) is 9.55. The summed E-state index contributed by atoms with van der Waals surface area (Å²) in [5.74, 6) is 0. The maximum absolute atomic E-state index is 2.44.